The number of para-hydroxylation sites is 1. The van der Waals surface area contributed by atoms with Gasteiger partial charge >= 0.3 is 0 Å². The van der Waals surface area contributed by atoms with Gasteiger partial charge in [-0.15, -0.1) is 0 Å². The van der Waals surface area contributed by atoms with Gasteiger partial charge < -0.3 is 15.0 Å². The van der Waals surface area contributed by atoms with Gasteiger partial charge in [0.15, 0.2) is 5.13 Å². The molecule has 0 bridgehead atoms. The molecule has 0 spiro atoms. The minimum atomic E-state index is -0.397. The lowest BCUT2D eigenvalue weighted by atomic mass is 10.1. The molecule has 1 aromatic heterocycles. The zero-order valence-corrected chi connectivity index (χ0v) is 16.5. The highest BCUT2D eigenvalue weighted by Gasteiger charge is 2.35. The van der Waals surface area contributed by atoms with E-state index in [9.17, 15) is 9.59 Å². The molecule has 6 nitrogen and oxygen atoms in total. The van der Waals surface area contributed by atoms with Crippen LogP contribution in [0.3, 0.4) is 0 Å². The summed E-state index contributed by atoms with van der Waals surface area (Å²) < 4.78 is 6.66. The molecule has 0 aliphatic carbocycles. The Morgan fingerprint density at radius 3 is 2.68 bits per heavy atom. The van der Waals surface area contributed by atoms with Gasteiger partial charge in [-0.2, -0.15) is 0 Å². The quantitative estimate of drug-likeness (QED) is 0.707. The summed E-state index contributed by atoms with van der Waals surface area (Å²) in [6, 6.07) is 15.1. The zero-order chi connectivity index (χ0) is 19.7. The molecular formula is C21H21N3O3S. The number of anilines is 2. The zero-order valence-electron chi connectivity index (χ0n) is 15.7. The average Bonchev–Trinajstić information content (AvgIpc) is 3.25. The van der Waals surface area contributed by atoms with Crippen LogP contribution in [0.4, 0.5) is 10.8 Å². The van der Waals surface area contributed by atoms with E-state index in [4.69, 9.17) is 4.74 Å². The van der Waals surface area contributed by atoms with Crippen LogP contribution >= 0.6 is 11.3 Å². The fourth-order valence-electron chi connectivity index (χ4n) is 3.24. The van der Waals surface area contributed by atoms with Crippen molar-refractivity contribution in [2.24, 2.45) is 5.92 Å². The summed E-state index contributed by atoms with van der Waals surface area (Å²) in [5.74, 6) is 0.137. The maximum absolute atomic E-state index is 12.6. The second-order valence-corrected chi connectivity index (χ2v) is 8.07. The van der Waals surface area contributed by atoms with E-state index in [0.29, 0.717) is 11.7 Å². The first-order chi connectivity index (χ1) is 13.5. The van der Waals surface area contributed by atoms with Crippen LogP contribution in [0.2, 0.25) is 0 Å². The topological polar surface area (TPSA) is 71.5 Å². The number of benzene rings is 2. The molecule has 1 aliphatic rings. The van der Waals surface area contributed by atoms with Crippen LogP contribution in [0.15, 0.2) is 48.5 Å². The lowest BCUT2D eigenvalue weighted by Crippen LogP contribution is -2.28. The number of hydrogen-bond donors (Lipinski definition) is 1. The summed E-state index contributed by atoms with van der Waals surface area (Å²) in [6.07, 6.45) is 0.288. The number of fused-ring (bicyclic) bond motifs is 1. The number of carbonyl (C=O) groups is 2. The SMILES string of the molecule is CC(C)Oc1ccc(N2CC(C(=O)Nc3nc4ccccc4s3)CC2=O)cc1. The molecule has 7 heteroatoms. The third-order valence-electron chi connectivity index (χ3n) is 4.54. The van der Waals surface area contributed by atoms with Crippen molar-refractivity contribution in [3.63, 3.8) is 0 Å². The standard InChI is InChI=1S/C21H21N3O3S/c1-13(2)27-16-9-7-15(8-10-16)24-12-14(11-19(24)25)20(26)23-21-22-17-5-3-4-6-18(17)28-21/h3-10,13-14H,11-12H2,1-2H3,(H,22,23,26). The minimum absolute atomic E-state index is 0.0537. The van der Waals surface area contributed by atoms with Crippen LogP contribution in [0.1, 0.15) is 20.3 Å². The number of carbonyl (C=O) groups excluding carboxylic acids is 2. The molecule has 144 valence electrons. The van der Waals surface area contributed by atoms with Crippen molar-refractivity contribution >= 4 is 44.2 Å². The molecule has 3 aromatic rings. The number of rotatable bonds is 5. The molecule has 1 fully saturated rings. The molecule has 1 aliphatic heterocycles. The van der Waals surface area contributed by atoms with Gasteiger partial charge in [-0.25, -0.2) is 4.98 Å². The molecule has 1 saturated heterocycles. The van der Waals surface area contributed by atoms with Crippen LogP contribution in [-0.2, 0) is 9.59 Å². The van der Waals surface area contributed by atoms with E-state index >= 15 is 0 Å². The maximum atomic E-state index is 12.6. The Morgan fingerprint density at radius 2 is 1.96 bits per heavy atom. The van der Waals surface area contributed by atoms with Crippen molar-refractivity contribution in [2.45, 2.75) is 26.4 Å². The van der Waals surface area contributed by atoms with Crippen molar-refractivity contribution < 1.29 is 14.3 Å². The van der Waals surface area contributed by atoms with E-state index < -0.39 is 5.92 Å². The van der Waals surface area contributed by atoms with Gasteiger partial charge in [-0.3, -0.25) is 9.59 Å². The summed E-state index contributed by atoms with van der Waals surface area (Å²) in [5, 5.41) is 3.43. The van der Waals surface area contributed by atoms with Gasteiger partial charge in [0.05, 0.1) is 22.2 Å². The Morgan fingerprint density at radius 1 is 1.21 bits per heavy atom. The second kappa shape index (κ2) is 7.59. The van der Waals surface area contributed by atoms with E-state index in [-0.39, 0.29) is 24.3 Å². The number of thiazole rings is 1. The lowest BCUT2D eigenvalue weighted by molar-refractivity contribution is -0.122. The molecule has 2 aromatic carbocycles. The van der Waals surface area contributed by atoms with Crippen LogP contribution in [-0.4, -0.2) is 29.4 Å². The summed E-state index contributed by atoms with van der Waals surface area (Å²) >= 11 is 1.43. The molecule has 28 heavy (non-hydrogen) atoms. The molecule has 2 heterocycles. The van der Waals surface area contributed by atoms with Crippen molar-refractivity contribution in [1.82, 2.24) is 4.98 Å². The Bertz CT molecular complexity index is 980. The van der Waals surface area contributed by atoms with Crippen molar-refractivity contribution in [1.29, 1.82) is 0 Å². The highest BCUT2D eigenvalue weighted by Crippen LogP contribution is 2.29. The van der Waals surface area contributed by atoms with Crippen molar-refractivity contribution in [3.05, 3.63) is 48.5 Å². The van der Waals surface area contributed by atoms with Crippen molar-refractivity contribution in [2.75, 3.05) is 16.8 Å². The molecule has 1 N–H and O–H groups in total. The van der Waals surface area contributed by atoms with Gasteiger partial charge in [0.25, 0.3) is 0 Å². The van der Waals surface area contributed by atoms with Crippen molar-refractivity contribution in [3.8, 4) is 5.75 Å². The fourth-order valence-corrected chi connectivity index (χ4v) is 4.11. The molecule has 2 amide bonds. The normalized spacial score (nSPS) is 16.8. The van der Waals surface area contributed by atoms with E-state index in [0.717, 1.165) is 21.7 Å². The number of nitrogens with one attached hydrogen (secondary N) is 1. The third kappa shape index (κ3) is 3.84. The predicted molar refractivity (Wildman–Crippen MR) is 111 cm³/mol. The molecular weight excluding hydrogens is 374 g/mol. The number of hydrogen-bond acceptors (Lipinski definition) is 5. The monoisotopic (exact) mass is 395 g/mol. The van der Waals surface area contributed by atoms with E-state index in [1.165, 1.54) is 11.3 Å². The Kier molecular flexibility index (Phi) is 5.00. The van der Waals surface area contributed by atoms with E-state index in [2.05, 4.69) is 10.3 Å². The second-order valence-electron chi connectivity index (χ2n) is 7.04. The molecule has 4 rings (SSSR count). The average molecular weight is 395 g/mol. The number of nitrogens with zero attached hydrogens (tertiary/aromatic N) is 2. The van der Waals surface area contributed by atoms with E-state index in [1.807, 2.05) is 62.4 Å². The first-order valence-electron chi connectivity index (χ1n) is 9.23. The number of amides is 2. The molecule has 1 atom stereocenters. The Labute approximate surface area is 167 Å². The first-order valence-corrected chi connectivity index (χ1v) is 10.0. The molecule has 0 radical (unpaired) electrons. The first kappa shape index (κ1) is 18.4. The van der Waals surface area contributed by atoms with Crippen LogP contribution in [0.5, 0.6) is 5.75 Å². The summed E-state index contributed by atoms with van der Waals surface area (Å²) in [6.45, 7) is 4.29. The highest BCUT2D eigenvalue weighted by molar-refractivity contribution is 7.22. The van der Waals surface area contributed by atoms with E-state index in [1.54, 1.807) is 4.90 Å². The van der Waals surface area contributed by atoms with Gasteiger partial charge in [0, 0.05) is 18.7 Å². The maximum Gasteiger partial charge on any atom is 0.231 e. The van der Waals surface area contributed by atoms with Gasteiger partial charge in [0.1, 0.15) is 5.75 Å². The smallest absolute Gasteiger partial charge is 0.231 e. The van der Waals surface area contributed by atoms with Crippen LogP contribution in [0.25, 0.3) is 10.2 Å². The Hall–Kier alpha value is -2.93. The lowest BCUT2D eigenvalue weighted by Gasteiger charge is -2.17. The summed E-state index contributed by atoms with van der Waals surface area (Å²) in [5.41, 5.74) is 1.63. The van der Waals surface area contributed by atoms with Crippen LogP contribution in [0, 0.1) is 5.92 Å². The Balaban J connectivity index is 1.42. The fraction of sp³-hybridized carbons (Fsp3) is 0.286. The summed E-state index contributed by atoms with van der Waals surface area (Å²) in [7, 11) is 0. The molecule has 1 unspecified atom stereocenters. The summed E-state index contributed by atoms with van der Waals surface area (Å²) in [4.78, 5) is 31.2. The minimum Gasteiger partial charge on any atom is -0.491 e. The highest BCUT2D eigenvalue weighted by atomic mass is 32.1. The third-order valence-corrected chi connectivity index (χ3v) is 5.49. The number of ether oxygens (including phenoxy) is 1. The van der Waals surface area contributed by atoms with Gasteiger partial charge in [-0.05, 0) is 50.2 Å². The predicted octanol–water partition coefficient (Wildman–Crippen LogP) is 4.08. The number of aromatic nitrogens is 1. The molecule has 0 saturated carbocycles. The van der Waals surface area contributed by atoms with Gasteiger partial charge in [0.2, 0.25) is 11.8 Å². The van der Waals surface area contributed by atoms with Gasteiger partial charge in [-0.1, -0.05) is 23.5 Å². The largest absolute Gasteiger partial charge is 0.491 e. The van der Waals surface area contributed by atoms with Crippen LogP contribution < -0.4 is 15.0 Å².